The van der Waals surface area contributed by atoms with E-state index in [1.54, 1.807) is 17.6 Å². The molecule has 1 radical (unpaired) electrons. The summed E-state index contributed by atoms with van der Waals surface area (Å²) in [6, 6.07) is -1.23. The van der Waals surface area contributed by atoms with Gasteiger partial charge in [-0.1, -0.05) is 6.08 Å². The van der Waals surface area contributed by atoms with E-state index >= 15 is 0 Å². The van der Waals surface area contributed by atoms with Crippen LogP contribution in [0.2, 0.25) is 0 Å². The maximum Gasteiger partial charge on any atom is 0.129 e. The smallest absolute Gasteiger partial charge is 0.129 e. The normalized spacial score (nSPS) is 24.7. The fourth-order valence-corrected chi connectivity index (χ4v) is 1.71. The van der Waals surface area contributed by atoms with Crippen LogP contribution >= 0.6 is 10.0 Å². The molecule has 0 nitrogen and oxygen atoms in total. The molecule has 0 aliphatic carbocycles. The van der Waals surface area contributed by atoms with Gasteiger partial charge in [0.25, 0.3) is 0 Å². The summed E-state index contributed by atoms with van der Waals surface area (Å²) >= 11 is 0. The maximum atomic E-state index is 12.0. The molecule has 3 heteroatoms. The number of rotatable bonds is 2. The van der Waals surface area contributed by atoms with Crippen molar-refractivity contribution in [3.05, 3.63) is 23.0 Å². The molecule has 0 aromatic heterocycles. The Balaban J connectivity index is 2.69. The molecule has 9 heavy (non-hydrogen) atoms. The molecular formula is C6H7F2S. The first kappa shape index (κ1) is 6.81. The highest BCUT2D eigenvalue weighted by Crippen LogP contribution is 2.52. The number of hydrogen-bond acceptors (Lipinski definition) is 0. The molecule has 0 bridgehead atoms. The molecule has 0 aromatic rings. The van der Waals surface area contributed by atoms with Crippen molar-refractivity contribution in [2.45, 2.75) is 0 Å². The van der Waals surface area contributed by atoms with Crippen LogP contribution in [0.5, 0.6) is 0 Å². The molecule has 1 rings (SSSR count). The van der Waals surface area contributed by atoms with Crippen molar-refractivity contribution in [1.82, 2.24) is 0 Å². The highest BCUT2D eigenvalue weighted by molar-refractivity contribution is 8.37. The van der Waals surface area contributed by atoms with Crippen molar-refractivity contribution >= 4 is 10.0 Å². The van der Waals surface area contributed by atoms with Gasteiger partial charge in [-0.05, 0) is 11.5 Å². The average Bonchev–Trinajstić information content (AvgIpc) is 2.36. The Labute approximate surface area is 54.6 Å². The first-order valence-corrected chi connectivity index (χ1v) is 4.54. The Morgan fingerprint density at radius 1 is 1.33 bits per heavy atom. The van der Waals surface area contributed by atoms with Crippen LogP contribution in [0.25, 0.3) is 0 Å². The lowest BCUT2D eigenvalue weighted by atomic mass is 10.6. The molecule has 0 fully saturated rings. The number of alkyl halides is 2. The lowest BCUT2D eigenvalue weighted by molar-refractivity contribution is 0.572. The van der Waals surface area contributed by atoms with Crippen LogP contribution in [0.4, 0.5) is 8.78 Å². The minimum Gasteiger partial charge on any atom is -0.240 e. The van der Waals surface area contributed by atoms with Crippen LogP contribution in [0.1, 0.15) is 0 Å². The van der Waals surface area contributed by atoms with E-state index in [1.165, 1.54) is 0 Å². The van der Waals surface area contributed by atoms with E-state index in [0.29, 0.717) is 0 Å². The Morgan fingerprint density at radius 3 is 2.22 bits per heavy atom. The number of allylic oxidation sites excluding steroid dienone is 2. The second-order valence-electron chi connectivity index (χ2n) is 1.78. The van der Waals surface area contributed by atoms with Gasteiger partial charge in [-0.15, -0.1) is 10.0 Å². The summed E-state index contributed by atoms with van der Waals surface area (Å²) in [5, 5.41) is 4.24. The van der Waals surface area contributed by atoms with Crippen molar-refractivity contribution < 1.29 is 8.78 Å². The zero-order valence-electron chi connectivity index (χ0n) is 4.81. The summed E-state index contributed by atoms with van der Waals surface area (Å²) in [6.07, 6.45) is 3.23. The van der Waals surface area contributed by atoms with Gasteiger partial charge >= 0.3 is 0 Å². The maximum absolute atomic E-state index is 12.0. The monoisotopic (exact) mass is 149 g/mol. The Morgan fingerprint density at radius 2 is 2.00 bits per heavy atom. The molecule has 0 N–H and O–H groups in total. The lowest BCUT2D eigenvalue weighted by Crippen LogP contribution is -1.94. The molecular weight excluding hydrogens is 142 g/mol. The third kappa shape index (κ3) is 1.15. The van der Waals surface area contributed by atoms with Crippen molar-refractivity contribution in [3.63, 3.8) is 0 Å². The van der Waals surface area contributed by atoms with Gasteiger partial charge in [0.15, 0.2) is 0 Å². The molecule has 0 amide bonds. The zero-order valence-corrected chi connectivity index (χ0v) is 5.63. The highest BCUT2D eigenvalue weighted by atomic mass is 32.3. The molecule has 51 valence electrons. The van der Waals surface area contributed by atoms with Crippen LogP contribution in [0.15, 0.2) is 17.6 Å². The van der Waals surface area contributed by atoms with Gasteiger partial charge in [-0.3, -0.25) is 0 Å². The second kappa shape index (κ2) is 2.52. The van der Waals surface area contributed by atoms with Crippen molar-refractivity contribution in [2.75, 3.05) is 12.0 Å². The molecule has 1 heterocycles. The van der Waals surface area contributed by atoms with E-state index in [2.05, 4.69) is 5.41 Å². The molecule has 0 spiro atoms. The predicted molar refractivity (Wildman–Crippen MR) is 36.5 cm³/mol. The van der Waals surface area contributed by atoms with Crippen LogP contribution in [-0.2, 0) is 0 Å². The first-order valence-electron chi connectivity index (χ1n) is 2.51. The average molecular weight is 149 g/mol. The Kier molecular flexibility index (Phi) is 1.90. The number of hydrogen-bond donors (Lipinski definition) is 0. The van der Waals surface area contributed by atoms with Crippen molar-refractivity contribution in [2.24, 2.45) is 0 Å². The van der Waals surface area contributed by atoms with E-state index in [4.69, 9.17) is 0 Å². The van der Waals surface area contributed by atoms with E-state index in [-0.39, 0.29) is 0 Å². The van der Waals surface area contributed by atoms with Crippen LogP contribution in [0, 0.1) is 5.41 Å². The Hall–Kier alpha value is -0.310. The van der Waals surface area contributed by atoms with Crippen LogP contribution < -0.4 is 0 Å². The number of halogens is 2. The molecule has 0 unspecified atom stereocenters. The van der Waals surface area contributed by atoms with Crippen molar-refractivity contribution in [3.8, 4) is 0 Å². The van der Waals surface area contributed by atoms with E-state index in [9.17, 15) is 8.78 Å². The topological polar surface area (TPSA) is 0 Å². The molecule has 1 aliphatic rings. The van der Waals surface area contributed by atoms with Gasteiger partial charge < -0.3 is 0 Å². The molecule has 1 aliphatic heterocycles. The van der Waals surface area contributed by atoms with Crippen LogP contribution in [-0.4, -0.2) is 12.0 Å². The summed E-state index contributed by atoms with van der Waals surface area (Å²) in [4.78, 5) is 0. The summed E-state index contributed by atoms with van der Waals surface area (Å²) in [7, 11) is -1.86. The van der Waals surface area contributed by atoms with E-state index in [0.717, 1.165) is 0 Å². The van der Waals surface area contributed by atoms with Gasteiger partial charge in [-0.25, -0.2) is 8.78 Å². The van der Waals surface area contributed by atoms with Gasteiger partial charge in [0.05, 0.1) is 0 Å². The SMILES string of the molecule is FCS1(CF)[C]=CC=C1. The summed E-state index contributed by atoms with van der Waals surface area (Å²) < 4.78 is 24.0. The fraction of sp³-hybridized carbons (Fsp3) is 0.333. The third-order valence-corrected chi connectivity index (χ3v) is 3.19. The van der Waals surface area contributed by atoms with Gasteiger partial charge in [0, 0.05) is 5.41 Å². The predicted octanol–water partition coefficient (Wildman–Crippen LogP) is 2.49. The van der Waals surface area contributed by atoms with Gasteiger partial charge in [-0.2, -0.15) is 0 Å². The summed E-state index contributed by atoms with van der Waals surface area (Å²) in [6.45, 7) is 0. The second-order valence-corrected chi connectivity index (χ2v) is 4.61. The molecule has 0 saturated heterocycles. The van der Waals surface area contributed by atoms with Crippen molar-refractivity contribution in [1.29, 1.82) is 0 Å². The molecule has 0 aromatic carbocycles. The van der Waals surface area contributed by atoms with E-state index in [1.807, 2.05) is 0 Å². The standard InChI is InChI=1S/C6H7F2S/c7-5-9(6-8)3-1-2-4-9/h1-3H,5-6H2. The zero-order chi connectivity index (χ0) is 6.74. The Bertz CT molecular complexity index is 133. The van der Waals surface area contributed by atoms with E-state index < -0.39 is 22.0 Å². The first-order chi connectivity index (χ1) is 4.33. The highest BCUT2D eigenvalue weighted by Gasteiger charge is 2.19. The summed E-state index contributed by atoms with van der Waals surface area (Å²) in [5.74, 6) is 0. The minimum atomic E-state index is -1.86. The fourth-order valence-electron chi connectivity index (χ4n) is 0.569. The molecule has 0 saturated carbocycles. The quantitative estimate of drug-likeness (QED) is 0.565. The minimum absolute atomic E-state index is 0.615. The molecule has 0 atom stereocenters. The lowest BCUT2D eigenvalue weighted by Gasteiger charge is -2.21. The summed E-state index contributed by atoms with van der Waals surface area (Å²) in [5.41, 5.74) is 0. The van der Waals surface area contributed by atoms with Crippen LogP contribution in [0.3, 0.4) is 0 Å². The van der Waals surface area contributed by atoms with Gasteiger partial charge in [0.1, 0.15) is 12.0 Å². The largest absolute Gasteiger partial charge is 0.240 e. The van der Waals surface area contributed by atoms with Gasteiger partial charge in [0.2, 0.25) is 0 Å². The third-order valence-electron chi connectivity index (χ3n) is 1.13.